The Labute approximate surface area is 214 Å². The first-order chi connectivity index (χ1) is 18.0. The summed E-state index contributed by atoms with van der Waals surface area (Å²) < 4.78 is 35.9. The van der Waals surface area contributed by atoms with Crippen LogP contribution in [-0.2, 0) is 0 Å². The highest BCUT2D eigenvalue weighted by Crippen LogP contribution is 2.39. The molecule has 3 aromatic carbocycles. The van der Waals surface area contributed by atoms with Gasteiger partial charge >= 0.3 is 0 Å². The van der Waals surface area contributed by atoms with E-state index in [4.69, 9.17) is 18.9 Å². The lowest BCUT2D eigenvalue weighted by atomic mass is 10.1. The molecule has 0 radical (unpaired) electrons. The first kappa shape index (κ1) is 25.4. The summed E-state index contributed by atoms with van der Waals surface area (Å²) in [6, 6.07) is 14.0. The second-order valence-corrected chi connectivity index (χ2v) is 7.96. The third-order valence-corrected chi connectivity index (χ3v) is 5.79. The Morgan fingerprint density at radius 2 is 1.59 bits per heavy atom. The van der Waals surface area contributed by atoms with Crippen LogP contribution in [0.25, 0.3) is 23.1 Å². The monoisotopic (exact) mass is 502 g/mol. The lowest BCUT2D eigenvalue weighted by Crippen LogP contribution is -1.98. The maximum Gasteiger partial charge on any atom is 0.203 e. The molecule has 0 fully saturated rings. The molecule has 4 rings (SSSR count). The number of fused-ring (bicyclic) bond motifs is 1. The molecule has 0 aliphatic carbocycles. The number of rotatable bonds is 10. The van der Waals surface area contributed by atoms with E-state index in [1.807, 2.05) is 24.3 Å². The van der Waals surface area contributed by atoms with Gasteiger partial charge in [0.05, 0.1) is 28.4 Å². The van der Waals surface area contributed by atoms with Gasteiger partial charge in [-0.2, -0.15) is 0 Å². The lowest BCUT2D eigenvalue weighted by molar-refractivity contribution is 0.104. The summed E-state index contributed by atoms with van der Waals surface area (Å²) in [5, 5.41) is 3.92. The van der Waals surface area contributed by atoms with Crippen molar-refractivity contribution in [3.8, 4) is 23.0 Å². The van der Waals surface area contributed by atoms with Gasteiger partial charge in [-0.15, -0.1) is 0 Å². The van der Waals surface area contributed by atoms with Crippen molar-refractivity contribution in [2.75, 3.05) is 33.8 Å². The van der Waals surface area contributed by atoms with E-state index in [2.05, 4.69) is 10.3 Å². The molecule has 190 valence electrons. The quantitative estimate of drug-likeness (QED) is 0.150. The van der Waals surface area contributed by atoms with Crippen molar-refractivity contribution in [2.45, 2.75) is 0 Å². The largest absolute Gasteiger partial charge is 0.494 e. The van der Waals surface area contributed by atoms with Crippen molar-refractivity contribution in [3.05, 3.63) is 89.5 Å². The number of benzene rings is 3. The van der Waals surface area contributed by atoms with Crippen LogP contribution in [0.3, 0.4) is 0 Å². The molecule has 1 heterocycles. The number of aromatic nitrogens is 1. The molecule has 1 aromatic heterocycles. The molecule has 0 bridgehead atoms. The predicted molar refractivity (Wildman–Crippen MR) is 143 cm³/mol. The summed E-state index contributed by atoms with van der Waals surface area (Å²) >= 11 is 0. The molecule has 0 aliphatic rings. The number of hydrogen-bond donors (Lipinski definition) is 2. The van der Waals surface area contributed by atoms with Crippen molar-refractivity contribution in [2.24, 2.45) is 0 Å². The zero-order chi connectivity index (χ0) is 26.4. The number of para-hydroxylation sites is 1. The fourth-order valence-corrected chi connectivity index (χ4v) is 3.94. The number of H-pyrrole nitrogens is 1. The average molecular weight is 503 g/mol. The Hall–Kier alpha value is -4.72. The number of carbonyl (C=O) groups excluding carboxylic acids is 1. The van der Waals surface area contributed by atoms with Crippen LogP contribution < -0.4 is 24.3 Å². The standard InChI is InChI=1S/C29H27FN2O5/c1-34-26-16-24(31-12-11-25(33)21-17-32-23-8-6-5-7-20(21)23)19(15-22(26)30)10-9-18-13-27(35-2)29(37-4)28(14-18)36-3/h5-17,31-32H,1-4H3/b10-9?,12-11-. The van der Waals surface area contributed by atoms with Gasteiger partial charge in [0.25, 0.3) is 0 Å². The summed E-state index contributed by atoms with van der Waals surface area (Å²) in [5.41, 5.74) is 3.28. The van der Waals surface area contributed by atoms with Gasteiger partial charge in [-0.05, 0) is 29.8 Å². The number of carbonyl (C=O) groups is 1. The predicted octanol–water partition coefficient (Wildman–Crippen LogP) is 6.32. The van der Waals surface area contributed by atoms with E-state index in [-0.39, 0.29) is 11.5 Å². The molecular weight excluding hydrogens is 475 g/mol. The molecule has 0 unspecified atom stereocenters. The Kier molecular flexibility index (Phi) is 7.78. The molecule has 2 N–H and O–H groups in total. The summed E-state index contributed by atoms with van der Waals surface area (Å²) in [5.74, 6) is 0.859. The Balaban J connectivity index is 1.62. The molecular formula is C29H27FN2O5. The molecule has 37 heavy (non-hydrogen) atoms. The van der Waals surface area contributed by atoms with Gasteiger partial charge in [-0.25, -0.2) is 4.39 Å². The summed E-state index contributed by atoms with van der Waals surface area (Å²) in [6.07, 6.45) is 8.16. The van der Waals surface area contributed by atoms with Gasteiger partial charge in [0.1, 0.15) is 0 Å². The number of methoxy groups -OCH3 is 4. The first-order valence-electron chi connectivity index (χ1n) is 11.4. The van der Waals surface area contributed by atoms with Gasteiger partial charge < -0.3 is 29.2 Å². The highest BCUT2D eigenvalue weighted by Gasteiger charge is 2.13. The normalized spacial score (nSPS) is 11.3. The van der Waals surface area contributed by atoms with Crippen molar-refractivity contribution in [1.29, 1.82) is 0 Å². The van der Waals surface area contributed by atoms with Gasteiger partial charge in [0.15, 0.2) is 28.8 Å². The maximum absolute atomic E-state index is 14.6. The van der Waals surface area contributed by atoms with E-state index in [9.17, 15) is 9.18 Å². The average Bonchev–Trinajstić information content (AvgIpc) is 3.36. The van der Waals surface area contributed by atoms with Gasteiger partial charge in [-0.3, -0.25) is 4.79 Å². The van der Waals surface area contributed by atoms with Crippen LogP contribution in [0.2, 0.25) is 0 Å². The third kappa shape index (κ3) is 5.43. The van der Waals surface area contributed by atoms with Gasteiger partial charge in [-0.1, -0.05) is 30.4 Å². The van der Waals surface area contributed by atoms with Crippen molar-refractivity contribution in [3.63, 3.8) is 0 Å². The number of halogens is 1. The van der Waals surface area contributed by atoms with Crippen molar-refractivity contribution < 1.29 is 28.1 Å². The minimum atomic E-state index is -0.517. The van der Waals surface area contributed by atoms with Crippen LogP contribution in [0.1, 0.15) is 21.5 Å². The van der Waals surface area contributed by atoms with Crippen molar-refractivity contribution in [1.82, 2.24) is 4.98 Å². The second kappa shape index (κ2) is 11.3. The maximum atomic E-state index is 14.6. The number of allylic oxidation sites excluding steroid dienone is 1. The molecule has 4 aromatic rings. The van der Waals surface area contributed by atoms with Crippen LogP contribution >= 0.6 is 0 Å². The highest BCUT2D eigenvalue weighted by atomic mass is 19.1. The van der Waals surface area contributed by atoms with Gasteiger partial charge in [0, 0.05) is 52.3 Å². The number of hydrogen-bond acceptors (Lipinski definition) is 6. The Morgan fingerprint density at radius 3 is 2.27 bits per heavy atom. The zero-order valence-corrected chi connectivity index (χ0v) is 20.9. The Bertz CT molecular complexity index is 1460. The SMILES string of the molecule is COc1cc(N/C=C\C(=O)c2c[nH]c3ccccc23)c(C=Cc2cc(OC)c(OC)c(OC)c2)cc1F. The highest BCUT2D eigenvalue weighted by molar-refractivity contribution is 6.13. The number of ketones is 1. The minimum absolute atomic E-state index is 0.0730. The summed E-state index contributed by atoms with van der Waals surface area (Å²) in [6.45, 7) is 0. The van der Waals surface area contributed by atoms with E-state index in [1.54, 1.807) is 30.5 Å². The number of nitrogens with one attached hydrogen (secondary N) is 2. The van der Waals surface area contributed by atoms with Crippen LogP contribution in [0.4, 0.5) is 10.1 Å². The molecule has 7 nitrogen and oxygen atoms in total. The van der Waals surface area contributed by atoms with Crippen LogP contribution in [0.15, 0.2) is 67.0 Å². The van der Waals surface area contributed by atoms with Gasteiger partial charge in [0.2, 0.25) is 5.75 Å². The van der Waals surface area contributed by atoms with Crippen molar-refractivity contribution >= 4 is 34.5 Å². The molecule has 0 spiro atoms. The molecule has 8 heteroatoms. The van der Waals surface area contributed by atoms with E-state index >= 15 is 0 Å². The molecule has 0 amide bonds. The fourth-order valence-electron chi connectivity index (χ4n) is 3.94. The van der Waals surface area contributed by atoms with Crippen LogP contribution in [0.5, 0.6) is 23.0 Å². The minimum Gasteiger partial charge on any atom is -0.494 e. The third-order valence-electron chi connectivity index (χ3n) is 5.79. The second-order valence-electron chi connectivity index (χ2n) is 7.96. The smallest absolute Gasteiger partial charge is 0.203 e. The lowest BCUT2D eigenvalue weighted by Gasteiger charge is -2.13. The Morgan fingerprint density at radius 1 is 0.892 bits per heavy atom. The number of anilines is 1. The van der Waals surface area contributed by atoms with Crippen LogP contribution in [-0.4, -0.2) is 39.2 Å². The molecule has 0 atom stereocenters. The van der Waals surface area contributed by atoms with E-state index in [0.717, 1.165) is 16.5 Å². The summed E-state index contributed by atoms with van der Waals surface area (Å²) in [7, 11) is 6.00. The van der Waals surface area contributed by atoms with E-state index in [0.29, 0.717) is 34.1 Å². The fraction of sp³-hybridized carbons (Fsp3) is 0.138. The summed E-state index contributed by atoms with van der Waals surface area (Å²) in [4.78, 5) is 15.9. The number of ether oxygens (including phenoxy) is 4. The van der Waals surface area contributed by atoms with E-state index in [1.165, 1.54) is 52.8 Å². The molecule has 0 aliphatic heterocycles. The first-order valence-corrected chi connectivity index (χ1v) is 11.4. The zero-order valence-electron chi connectivity index (χ0n) is 20.9. The topological polar surface area (TPSA) is 81.8 Å². The van der Waals surface area contributed by atoms with Crippen LogP contribution in [0, 0.1) is 5.82 Å². The molecule has 0 saturated carbocycles. The van der Waals surface area contributed by atoms with E-state index < -0.39 is 5.82 Å². The number of aromatic amines is 1. The molecule has 0 saturated heterocycles.